The molecule has 3 rings (SSSR count). The Bertz CT molecular complexity index is 680. The molecule has 0 amide bonds. The van der Waals surface area contributed by atoms with Gasteiger partial charge in [0.2, 0.25) is 0 Å². The summed E-state index contributed by atoms with van der Waals surface area (Å²) in [6.45, 7) is 2.21. The van der Waals surface area contributed by atoms with Crippen molar-refractivity contribution in [2.75, 3.05) is 27.4 Å². The summed E-state index contributed by atoms with van der Waals surface area (Å²) < 4.78 is 16.4. The Balaban J connectivity index is 1.53. The first kappa shape index (κ1) is 19.7. The molecule has 0 radical (unpaired) electrons. The molecule has 0 aliphatic heterocycles. The quantitative estimate of drug-likeness (QED) is 0.657. The summed E-state index contributed by atoms with van der Waals surface area (Å²) in [4.78, 5) is 2.32. The second-order valence-electron chi connectivity index (χ2n) is 7.04. The predicted molar refractivity (Wildman–Crippen MR) is 105 cm³/mol. The third-order valence-corrected chi connectivity index (χ3v) is 4.73. The molecule has 1 aliphatic rings. The number of ether oxygens (including phenoxy) is 3. The van der Waals surface area contributed by atoms with Gasteiger partial charge in [-0.25, -0.2) is 0 Å². The minimum atomic E-state index is -0.512. The first-order valence-electron chi connectivity index (χ1n) is 9.43. The van der Waals surface area contributed by atoms with Gasteiger partial charge in [-0.3, -0.25) is 4.90 Å². The number of hydrogen-bond acceptors (Lipinski definition) is 5. The highest BCUT2D eigenvalue weighted by Crippen LogP contribution is 2.30. The van der Waals surface area contributed by atoms with E-state index in [2.05, 4.69) is 4.90 Å². The van der Waals surface area contributed by atoms with Crippen molar-refractivity contribution in [2.24, 2.45) is 0 Å². The molecule has 5 heteroatoms. The molecule has 1 fully saturated rings. The maximum absolute atomic E-state index is 10.4. The van der Waals surface area contributed by atoms with Crippen LogP contribution >= 0.6 is 0 Å². The minimum Gasteiger partial charge on any atom is -0.497 e. The van der Waals surface area contributed by atoms with Crippen LogP contribution in [0.2, 0.25) is 0 Å². The van der Waals surface area contributed by atoms with Crippen molar-refractivity contribution in [3.05, 3.63) is 59.7 Å². The molecule has 0 heterocycles. The lowest BCUT2D eigenvalue weighted by Crippen LogP contribution is -2.36. The number of hydrogen-bond donors (Lipinski definition) is 1. The van der Waals surface area contributed by atoms with E-state index in [0.717, 1.165) is 29.2 Å². The largest absolute Gasteiger partial charge is 0.497 e. The van der Waals surface area contributed by atoms with Crippen LogP contribution in [-0.4, -0.2) is 49.5 Å². The maximum atomic E-state index is 10.4. The molecule has 2 aromatic carbocycles. The van der Waals surface area contributed by atoms with Crippen molar-refractivity contribution < 1.29 is 19.3 Å². The van der Waals surface area contributed by atoms with Crippen LogP contribution in [0.3, 0.4) is 0 Å². The van der Waals surface area contributed by atoms with Gasteiger partial charge in [-0.15, -0.1) is 0 Å². The Morgan fingerprint density at radius 1 is 1.00 bits per heavy atom. The number of aliphatic hydroxyl groups excluding tert-OH is 1. The lowest BCUT2D eigenvalue weighted by atomic mass is 10.1. The van der Waals surface area contributed by atoms with Gasteiger partial charge < -0.3 is 19.3 Å². The van der Waals surface area contributed by atoms with Gasteiger partial charge in [-0.2, -0.15) is 0 Å². The van der Waals surface area contributed by atoms with Crippen LogP contribution in [0.15, 0.2) is 48.5 Å². The van der Waals surface area contributed by atoms with Gasteiger partial charge >= 0.3 is 0 Å². The van der Waals surface area contributed by atoms with Crippen LogP contribution in [-0.2, 0) is 17.9 Å². The average Bonchev–Trinajstić information content (AvgIpc) is 3.53. The van der Waals surface area contributed by atoms with Crippen LogP contribution in [0.1, 0.15) is 24.0 Å². The zero-order valence-corrected chi connectivity index (χ0v) is 16.1. The second-order valence-corrected chi connectivity index (χ2v) is 7.04. The lowest BCUT2D eigenvalue weighted by molar-refractivity contribution is 0.00704. The topological polar surface area (TPSA) is 51.2 Å². The highest BCUT2D eigenvalue weighted by Gasteiger charge is 2.30. The molecule has 2 aromatic rings. The number of benzene rings is 2. The van der Waals surface area contributed by atoms with E-state index in [-0.39, 0.29) is 0 Å². The fourth-order valence-corrected chi connectivity index (χ4v) is 3.19. The molecule has 0 spiro atoms. The second kappa shape index (κ2) is 9.74. The average molecular weight is 371 g/mol. The smallest absolute Gasteiger partial charge is 0.122 e. The van der Waals surface area contributed by atoms with Crippen LogP contribution in [0.4, 0.5) is 0 Å². The normalized spacial score (nSPS) is 15.0. The summed E-state index contributed by atoms with van der Waals surface area (Å²) in [6.07, 6.45) is 1.85. The van der Waals surface area contributed by atoms with E-state index < -0.39 is 6.10 Å². The highest BCUT2D eigenvalue weighted by molar-refractivity contribution is 5.38. The summed E-state index contributed by atoms with van der Waals surface area (Å²) in [7, 11) is 3.32. The van der Waals surface area contributed by atoms with Gasteiger partial charge in [0.05, 0.1) is 33.5 Å². The molecule has 1 aliphatic carbocycles. The molecule has 0 bridgehead atoms. The summed E-state index contributed by atoms with van der Waals surface area (Å²) in [5.74, 6) is 1.57. The predicted octanol–water partition coefficient (Wildman–Crippen LogP) is 3.25. The van der Waals surface area contributed by atoms with E-state index in [0.29, 0.717) is 25.8 Å². The molecular weight excluding hydrogens is 342 g/mol. The van der Waals surface area contributed by atoms with Gasteiger partial charge in [0, 0.05) is 25.2 Å². The molecule has 0 saturated heterocycles. The Labute approximate surface area is 161 Å². The first-order valence-corrected chi connectivity index (χ1v) is 9.43. The number of nitrogens with zero attached hydrogens (tertiary/aromatic N) is 1. The van der Waals surface area contributed by atoms with Crippen LogP contribution in [0.5, 0.6) is 11.5 Å². The van der Waals surface area contributed by atoms with E-state index in [1.54, 1.807) is 14.2 Å². The standard InChI is InChI=1S/C22H29NO4/c1-25-21-10-18(11-22(12-21)26-2)13-23(19-8-9-19)14-20(24)16-27-15-17-6-4-3-5-7-17/h3-7,10-12,19-20,24H,8-9,13-16H2,1-2H3. The van der Waals surface area contributed by atoms with Crippen molar-refractivity contribution in [3.8, 4) is 11.5 Å². The van der Waals surface area contributed by atoms with Gasteiger partial charge in [0.1, 0.15) is 11.5 Å². The molecule has 1 atom stereocenters. The molecule has 0 aromatic heterocycles. The Morgan fingerprint density at radius 3 is 2.26 bits per heavy atom. The van der Waals surface area contributed by atoms with E-state index in [1.165, 1.54) is 12.8 Å². The van der Waals surface area contributed by atoms with Crippen molar-refractivity contribution in [1.82, 2.24) is 4.90 Å². The Morgan fingerprint density at radius 2 is 1.67 bits per heavy atom. The molecule has 1 unspecified atom stereocenters. The minimum absolute atomic E-state index is 0.333. The summed E-state index contributed by atoms with van der Waals surface area (Å²) in [5, 5.41) is 10.4. The van der Waals surface area contributed by atoms with E-state index in [4.69, 9.17) is 14.2 Å². The molecule has 1 saturated carbocycles. The zero-order chi connectivity index (χ0) is 19.1. The van der Waals surface area contributed by atoms with Gasteiger partial charge in [-0.1, -0.05) is 30.3 Å². The molecule has 1 N–H and O–H groups in total. The number of rotatable bonds is 11. The molecule has 146 valence electrons. The Kier molecular flexibility index (Phi) is 7.10. The van der Waals surface area contributed by atoms with Crippen molar-refractivity contribution in [3.63, 3.8) is 0 Å². The molecule has 5 nitrogen and oxygen atoms in total. The van der Waals surface area contributed by atoms with Crippen LogP contribution in [0, 0.1) is 0 Å². The Hall–Kier alpha value is -2.08. The fraction of sp³-hybridized carbons (Fsp3) is 0.455. The fourth-order valence-electron chi connectivity index (χ4n) is 3.19. The first-order chi connectivity index (χ1) is 13.2. The number of aliphatic hydroxyl groups is 1. The third-order valence-electron chi connectivity index (χ3n) is 4.73. The number of methoxy groups -OCH3 is 2. The van der Waals surface area contributed by atoms with Crippen molar-refractivity contribution in [2.45, 2.75) is 38.1 Å². The van der Waals surface area contributed by atoms with Crippen molar-refractivity contribution in [1.29, 1.82) is 0 Å². The van der Waals surface area contributed by atoms with Crippen molar-refractivity contribution >= 4 is 0 Å². The zero-order valence-electron chi connectivity index (χ0n) is 16.1. The summed E-state index contributed by atoms with van der Waals surface area (Å²) in [5.41, 5.74) is 2.24. The highest BCUT2D eigenvalue weighted by atomic mass is 16.5. The van der Waals surface area contributed by atoms with E-state index in [1.807, 2.05) is 48.5 Å². The summed E-state index contributed by atoms with van der Waals surface area (Å²) in [6, 6.07) is 16.5. The lowest BCUT2D eigenvalue weighted by Gasteiger charge is -2.25. The van der Waals surface area contributed by atoms with Gasteiger partial charge in [-0.05, 0) is 36.1 Å². The molecular formula is C22H29NO4. The maximum Gasteiger partial charge on any atom is 0.122 e. The van der Waals surface area contributed by atoms with Crippen LogP contribution < -0.4 is 9.47 Å². The van der Waals surface area contributed by atoms with E-state index in [9.17, 15) is 5.11 Å². The van der Waals surface area contributed by atoms with Gasteiger partial charge in [0.25, 0.3) is 0 Å². The summed E-state index contributed by atoms with van der Waals surface area (Å²) >= 11 is 0. The van der Waals surface area contributed by atoms with E-state index >= 15 is 0 Å². The SMILES string of the molecule is COc1cc(CN(CC(O)COCc2ccccc2)C2CC2)cc(OC)c1. The monoisotopic (exact) mass is 371 g/mol. The van der Waals surface area contributed by atoms with Crippen LogP contribution in [0.25, 0.3) is 0 Å². The third kappa shape index (κ3) is 6.24. The molecule has 27 heavy (non-hydrogen) atoms. The van der Waals surface area contributed by atoms with Gasteiger partial charge in [0.15, 0.2) is 0 Å².